The van der Waals surface area contributed by atoms with Crippen LogP contribution in [0.1, 0.15) is 57.9 Å². The Morgan fingerprint density at radius 1 is 1.23 bits per heavy atom. The van der Waals surface area contributed by atoms with Crippen LogP contribution >= 0.6 is 0 Å². The van der Waals surface area contributed by atoms with Crippen molar-refractivity contribution in [2.45, 2.75) is 44.9 Å². The van der Waals surface area contributed by atoms with Crippen molar-refractivity contribution in [3.63, 3.8) is 0 Å². The minimum Gasteiger partial charge on any atom is -0.465 e. The maximum atomic E-state index is 12.1. The Balaban J connectivity index is 1.52. The first-order chi connectivity index (χ1) is 15.1. The molecule has 0 radical (unpaired) electrons. The lowest BCUT2D eigenvalue weighted by Gasteiger charge is -2.28. The van der Waals surface area contributed by atoms with Crippen LogP contribution in [0, 0.1) is 6.92 Å². The number of benzene rings is 1. The maximum absolute atomic E-state index is 12.1. The lowest BCUT2D eigenvalue weighted by molar-refractivity contribution is 0.0599. The molecule has 0 spiro atoms. The lowest BCUT2D eigenvalue weighted by Crippen LogP contribution is -2.15. The highest BCUT2D eigenvalue weighted by Crippen LogP contribution is 2.37. The molecule has 31 heavy (non-hydrogen) atoms. The standard InChI is InChI=1S/C26H29N3O2/c1-18-6-4-9-25(28-18)29(2)22-12-13-23-19(7-5-8-20(23)16-22)10-11-21-17-27-15-14-24(21)26(30)31-3/h4,6,9,12-17,19H,5,7-8,10-11H2,1-3H3/t19-/m0/s1. The third-order valence-corrected chi connectivity index (χ3v) is 6.24. The average Bonchev–Trinajstić information content (AvgIpc) is 2.81. The van der Waals surface area contributed by atoms with Crippen LogP contribution in [0.5, 0.6) is 0 Å². The van der Waals surface area contributed by atoms with Gasteiger partial charge in [0.25, 0.3) is 0 Å². The molecule has 1 aliphatic carbocycles. The van der Waals surface area contributed by atoms with E-state index in [0.29, 0.717) is 11.5 Å². The van der Waals surface area contributed by atoms with Crippen LogP contribution in [0.25, 0.3) is 0 Å². The number of carbonyl (C=O) groups is 1. The van der Waals surface area contributed by atoms with E-state index in [2.05, 4.69) is 40.1 Å². The summed E-state index contributed by atoms with van der Waals surface area (Å²) in [6.07, 6.45) is 8.72. The van der Waals surface area contributed by atoms with Crippen LogP contribution in [0.2, 0.25) is 0 Å². The zero-order valence-corrected chi connectivity index (χ0v) is 18.5. The third-order valence-electron chi connectivity index (χ3n) is 6.24. The predicted molar refractivity (Wildman–Crippen MR) is 123 cm³/mol. The summed E-state index contributed by atoms with van der Waals surface area (Å²) in [5.74, 6) is 1.16. The summed E-state index contributed by atoms with van der Waals surface area (Å²) < 4.78 is 4.93. The van der Waals surface area contributed by atoms with Crippen molar-refractivity contribution >= 4 is 17.5 Å². The molecule has 5 nitrogen and oxygen atoms in total. The van der Waals surface area contributed by atoms with E-state index < -0.39 is 0 Å². The van der Waals surface area contributed by atoms with Crippen LogP contribution in [-0.4, -0.2) is 30.1 Å². The minimum atomic E-state index is -0.293. The zero-order chi connectivity index (χ0) is 21.8. The summed E-state index contributed by atoms with van der Waals surface area (Å²) >= 11 is 0. The number of aromatic nitrogens is 2. The second kappa shape index (κ2) is 9.29. The molecular formula is C26H29N3O2. The van der Waals surface area contributed by atoms with Crippen molar-refractivity contribution in [3.05, 3.63) is 82.8 Å². The van der Waals surface area contributed by atoms with Gasteiger partial charge in [0.1, 0.15) is 5.82 Å². The van der Waals surface area contributed by atoms with Gasteiger partial charge in [-0.05, 0) is 92.0 Å². The minimum absolute atomic E-state index is 0.293. The van der Waals surface area contributed by atoms with Crippen molar-refractivity contribution in [1.29, 1.82) is 0 Å². The summed E-state index contributed by atoms with van der Waals surface area (Å²) in [5, 5.41) is 0. The highest BCUT2D eigenvalue weighted by molar-refractivity contribution is 5.90. The molecular weight excluding hydrogens is 386 g/mol. The largest absolute Gasteiger partial charge is 0.465 e. The van der Waals surface area contributed by atoms with Crippen LogP contribution in [-0.2, 0) is 17.6 Å². The Kier molecular flexibility index (Phi) is 6.31. The van der Waals surface area contributed by atoms with Crippen LogP contribution in [0.4, 0.5) is 11.5 Å². The molecule has 3 aromatic rings. The summed E-state index contributed by atoms with van der Waals surface area (Å²) in [7, 11) is 3.49. The highest BCUT2D eigenvalue weighted by atomic mass is 16.5. The molecule has 1 aliphatic rings. The van der Waals surface area contributed by atoms with Crippen LogP contribution < -0.4 is 4.90 Å². The molecule has 0 saturated heterocycles. The SMILES string of the molecule is COC(=O)c1ccncc1CC[C@@H]1CCCc2cc(N(C)c3cccc(C)n3)ccc21. The van der Waals surface area contributed by atoms with Crippen molar-refractivity contribution in [2.24, 2.45) is 0 Å². The molecule has 0 saturated carbocycles. The molecule has 5 heteroatoms. The van der Waals surface area contributed by atoms with Crippen LogP contribution in [0.15, 0.2) is 54.9 Å². The number of nitrogens with zero attached hydrogens (tertiary/aromatic N) is 3. The van der Waals surface area contributed by atoms with Gasteiger partial charge in [-0.25, -0.2) is 9.78 Å². The van der Waals surface area contributed by atoms with Gasteiger partial charge in [0.2, 0.25) is 0 Å². The number of aryl methyl sites for hydroxylation is 3. The number of carbonyl (C=O) groups excluding carboxylic acids is 1. The molecule has 160 valence electrons. The Hall–Kier alpha value is -3.21. The number of pyridine rings is 2. The van der Waals surface area contributed by atoms with E-state index in [1.807, 2.05) is 25.1 Å². The monoisotopic (exact) mass is 415 g/mol. The van der Waals surface area contributed by atoms with E-state index in [1.165, 1.54) is 31.1 Å². The van der Waals surface area contributed by atoms with Gasteiger partial charge in [0.05, 0.1) is 12.7 Å². The first kappa shape index (κ1) is 21.0. The lowest BCUT2D eigenvalue weighted by atomic mass is 9.79. The summed E-state index contributed by atoms with van der Waals surface area (Å²) in [5.41, 5.74) is 6.62. The number of hydrogen-bond acceptors (Lipinski definition) is 5. The molecule has 2 heterocycles. The predicted octanol–water partition coefficient (Wildman–Crippen LogP) is 5.39. The Labute approximate surface area is 184 Å². The normalized spacial score (nSPS) is 15.3. The van der Waals surface area contributed by atoms with Gasteiger partial charge in [-0.1, -0.05) is 12.1 Å². The number of hydrogen-bond donors (Lipinski definition) is 0. The van der Waals surface area contributed by atoms with E-state index in [9.17, 15) is 4.79 Å². The summed E-state index contributed by atoms with van der Waals surface area (Å²) in [4.78, 5) is 23.1. The van der Waals surface area contributed by atoms with Gasteiger partial charge in [-0.2, -0.15) is 0 Å². The molecule has 0 bridgehead atoms. The van der Waals surface area contributed by atoms with E-state index in [0.717, 1.165) is 42.0 Å². The second-order valence-corrected chi connectivity index (χ2v) is 8.23. The van der Waals surface area contributed by atoms with Gasteiger partial charge >= 0.3 is 5.97 Å². The second-order valence-electron chi connectivity index (χ2n) is 8.23. The number of ether oxygens (including phenoxy) is 1. The molecule has 2 aromatic heterocycles. The summed E-state index contributed by atoms with van der Waals surface area (Å²) in [6, 6.07) is 14.7. The van der Waals surface area contributed by atoms with E-state index in [1.54, 1.807) is 18.5 Å². The van der Waals surface area contributed by atoms with E-state index in [-0.39, 0.29) is 5.97 Å². The fourth-order valence-corrected chi connectivity index (χ4v) is 4.52. The van der Waals surface area contributed by atoms with Gasteiger partial charge in [-0.15, -0.1) is 0 Å². The van der Waals surface area contributed by atoms with Crippen LogP contribution in [0.3, 0.4) is 0 Å². The topological polar surface area (TPSA) is 55.3 Å². The molecule has 1 atom stereocenters. The van der Waals surface area contributed by atoms with Gasteiger partial charge in [0, 0.05) is 30.8 Å². The average molecular weight is 416 g/mol. The van der Waals surface area contributed by atoms with Gasteiger partial charge in [0.15, 0.2) is 0 Å². The number of esters is 1. The molecule has 0 N–H and O–H groups in total. The van der Waals surface area contributed by atoms with Crippen molar-refractivity contribution in [1.82, 2.24) is 9.97 Å². The highest BCUT2D eigenvalue weighted by Gasteiger charge is 2.22. The molecule has 0 amide bonds. The Bertz CT molecular complexity index is 1080. The zero-order valence-electron chi connectivity index (χ0n) is 18.5. The number of methoxy groups -OCH3 is 1. The van der Waals surface area contributed by atoms with E-state index >= 15 is 0 Å². The van der Waals surface area contributed by atoms with Gasteiger partial charge in [-0.3, -0.25) is 4.98 Å². The first-order valence-electron chi connectivity index (χ1n) is 10.9. The third kappa shape index (κ3) is 4.61. The number of rotatable bonds is 6. The van der Waals surface area contributed by atoms with Gasteiger partial charge < -0.3 is 9.64 Å². The first-order valence-corrected chi connectivity index (χ1v) is 10.9. The fraction of sp³-hybridized carbons (Fsp3) is 0.346. The number of fused-ring (bicyclic) bond motifs is 1. The number of anilines is 2. The van der Waals surface area contributed by atoms with Crippen molar-refractivity contribution in [3.8, 4) is 0 Å². The smallest absolute Gasteiger partial charge is 0.338 e. The quantitative estimate of drug-likeness (QED) is 0.505. The molecule has 0 fully saturated rings. The van der Waals surface area contributed by atoms with Crippen molar-refractivity contribution in [2.75, 3.05) is 19.1 Å². The molecule has 0 unspecified atom stereocenters. The van der Waals surface area contributed by atoms with E-state index in [4.69, 9.17) is 4.74 Å². The molecule has 0 aliphatic heterocycles. The molecule has 1 aromatic carbocycles. The summed E-state index contributed by atoms with van der Waals surface area (Å²) in [6.45, 7) is 2.02. The maximum Gasteiger partial charge on any atom is 0.338 e. The molecule has 4 rings (SSSR count). The van der Waals surface area contributed by atoms with Crippen molar-refractivity contribution < 1.29 is 9.53 Å². The fourth-order valence-electron chi connectivity index (χ4n) is 4.52. The Morgan fingerprint density at radius 3 is 2.90 bits per heavy atom. The Morgan fingerprint density at radius 2 is 2.10 bits per heavy atom.